The van der Waals surface area contributed by atoms with Gasteiger partial charge in [0.2, 0.25) is 0 Å². The number of benzene rings is 2. The number of hydrogen-bond acceptors (Lipinski definition) is 5. The standard InChI is InChI=1S/C22H24N4O3S/c1-25-12-21(23-14-25)30(28,29)26-10-9-17-20(13-27)24-19-8-7-16(11-18(19)22(17)26)15-5-3-2-4-6-15/h2-8,11-12,14,17,20,22,24,27H,9-10,13H2,1H3/t17-,20-,22-/m0/s1. The van der Waals surface area contributed by atoms with E-state index in [-0.39, 0.29) is 29.6 Å². The number of nitrogens with zero attached hydrogens (tertiary/aromatic N) is 3. The SMILES string of the molecule is Cn1cnc(S(=O)(=O)N2CC[C@H]3[C@H](CO)Nc4ccc(-c5ccccc5)cc4[C@H]32)c1. The van der Waals surface area contributed by atoms with Gasteiger partial charge in [-0.05, 0) is 35.2 Å². The monoisotopic (exact) mass is 424 g/mol. The van der Waals surface area contributed by atoms with Gasteiger partial charge >= 0.3 is 0 Å². The van der Waals surface area contributed by atoms with Gasteiger partial charge in [-0.1, -0.05) is 36.4 Å². The Morgan fingerprint density at radius 2 is 1.97 bits per heavy atom. The predicted octanol–water partition coefficient (Wildman–Crippen LogP) is 2.63. The lowest BCUT2D eigenvalue weighted by atomic mass is 9.82. The van der Waals surface area contributed by atoms with Crippen LogP contribution in [0.15, 0.2) is 66.1 Å². The molecule has 8 heteroatoms. The Hall–Kier alpha value is -2.68. The van der Waals surface area contributed by atoms with Gasteiger partial charge in [0.15, 0.2) is 5.03 Å². The summed E-state index contributed by atoms with van der Waals surface area (Å²) < 4.78 is 30.1. The molecule has 7 nitrogen and oxygen atoms in total. The quantitative estimate of drug-likeness (QED) is 0.672. The van der Waals surface area contributed by atoms with E-state index < -0.39 is 10.0 Å². The number of anilines is 1. The van der Waals surface area contributed by atoms with Gasteiger partial charge in [0.1, 0.15) is 0 Å². The molecule has 0 amide bonds. The van der Waals surface area contributed by atoms with E-state index in [1.54, 1.807) is 15.9 Å². The van der Waals surface area contributed by atoms with E-state index in [0.29, 0.717) is 13.0 Å². The molecule has 0 aliphatic carbocycles. The second-order valence-corrected chi connectivity index (χ2v) is 9.83. The van der Waals surface area contributed by atoms with Crippen LogP contribution in [-0.2, 0) is 17.1 Å². The van der Waals surface area contributed by atoms with Crippen LogP contribution in [0.25, 0.3) is 11.1 Å². The van der Waals surface area contributed by atoms with Crippen molar-refractivity contribution in [3.05, 3.63) is 66.6 Å². The van der Waals surface area contributed by atoms with Crippen LogP contribution in [0.2, 0.25) is 0 Å². The average molecular weight is 425 g/mol. The molecule has 1 aromatic heterocycles. The van der Waals surface area contributed by atoms with E-state index in [0.717, 1.165) is 22.4 Å². The molecule has 1 saturated heterocycles. The third-order valence-corrected chi connectivity index (χ3v) is 7.95. The largest absolute Gasteiger partial charge is 0.394 e. The summed E-state index contributed by atoms with van der Waals surface area (Å²) in [6, 6.07) is 15.6. The fourth-order valence-electron chi connectivity index (χ4n) is 4.74. The van der Waals surface area contributed by atoms with Crippen molar-refractivity contribution in [3.8, 4) is 11.1 Å². The second kappa shape index (κ2) is 7.23. The minimum atomic E-state index is -3.75. The number of aliphatic hydroxyl groups is 1. The van der Waals surface area contributed by atoms with Gasteiger partial charge in [-0.3, -0.25) is 0 Å². The molecule has 3 aromatic rings. The number of aryl methyl sites for hydroxylation is 1. The summed E-state index contributed by atoms with van der Waals surface area (Å²) in [6.07, 6.45) is 3.72. The van der Waals surface area contributed by atoms with E-state index in [9.17, 15) is 13.5 Å². The van der Waals surface area contributed by atoms with E-state index in [4.69, 9.17) is 0 Å². The van der Waals surface area contributed by atoms with E-state index in [2.05, 4.69) is 16.4 Å². The number of rotatable bonds is 4. The molecule has 0 bridgehead atoms. The number of aromatic nitrogens is 2. The van der Waals surface area contributed by atoms with Crippen molar-refractivity contribution in [1.29, 1.82) is 0 Å². The fourth-order valence-corrected chi connectivity index (χ4v) is 6.38. The molecular formula is C22H24N4O3S. The Morgan fingerprint density at radius 3 is 2.67 bits per heavy atom. The summed E-state index contributed by atoms with van der Waals surface area (Å²) in [5.41, 5.74) is 3.94. The minimum Gasteiger partial charge on any atom is -0.394 e. The molecule has 2 N–H and O–H groups in total. The van der Waals surface area contributed by atoms with Crippen LogP contribution in [0.4, 0.5) is 5.69 Å². The molecule has 156 valence electrons. The zero-order chi connectivity index (χ0) is 20.9. The molecule has 2 aliphatic rings. The average Bonchev–Trinajstić information content (AvgIpc) is 3.41. The van der Waals surface area contributed by atoms with Crippen molar-refractivity contribution < 1.29 is 13.5 Å². The molecule has 0 spiro atoms. The summed E-state index contributed by atoms with van der Waals surface area (Å²) in [4.78, 5) is 4.10. The predicted molar refractivity (Wildman–Crippen MR) is 114 cm³/mol. The number of fused-ring (bicyclic) bond motifs is 3. The molecule has 2 aliphatic heterocycles. The Labute approximate surface area is 176 Å². The lowest BCUT2D eigenvalue weighted by Gasteiger charge is -2.38. The molecule has 0 unspecified atom stereocenters. The maximum absolute atomic E-state index is 13.4. The third kappa shape index (κ3) is 3.03. The van der Waals surface area contributed by atoms with E-state index in [1.807, 2.05) is 42.5 Å². The van der Waals surface area contributed by atoms with Gasteiger partial charge in [-0.2, -0.15) is 4.31 Å². The van der Waals surface area contributed by atoms with Crippen molar-refractivity contribution in [2.75, 3.05) is 18.5 Å². The minimum absolute atomic E-state index is 0.00740. The maximum Gasteiger partial charge on any atom is 0.262 e. The molecule has 1 fully saturated rings. The van der Waals surface area contributed by atoms with Crippen LogP contribution >= 0.6 is 0 Å². The molecule has 5 rings (SSSR count). The molecule has 0 saturated carbocycles. The van der Waals surface area contributed by atoms with Crippen LogP contribution in [0.3, 0.4) is 0 Å². The highest BCUT2D eigenvalue weighted by Crippen LogP contribution is 2.49. The van der Waals surface area contributed by atoms with Crippen LogP contribution in [0.5, 0.6) is 0 Å². The summed E-state index contributed by atoms with van der Waals surface area (Å²) in [5, 5.41) is 13.4. The topological polar surface area (TPSA) is 87.5 Å². The first kappa shape index (κ1) is 19.3. The number of sulfonamides is 1. The van der Waals surface area contributed by atoms with Gasteiger partial charge in [0.25, 0.3) is 10.0 Å². The Bertz CT molecular complexity index is 1180. The van der Waals surface area contributed by atoms with Crippen molar-refractivity contribution in [2.45, 2.75) is 23.5 Å². The van der Waals surface area contributed by atoms with Crippen molar-refractivity contribution >= 4 is 15.7 Å². The summed E-state index contributed by atoms with van der Waals surface area (Å²) in [6.45, 7) is 0.361. The molecule has 30 heavy (non-hydrogen) atoms. The van der Waals surface area contributed by atoms with E-state index >= 15 is 0 Å². The summed E-state index contributed by atoms with van der Waals surface area (Å²) in [7, 11) is -1.99. The fraction of sp³-hybridized carbons (Fsp3) is 0.318. The summed E-state index contributed by atoms with van der Waals surface area (Å²) in [5.74, 6) is -0.00740. The van der Waals surface area contributed by atoms with Crippen LogP contribution in [-0.4, -0.2) is 46.6 Å². The lowest BCUT2D eigenvalue weighted by Crippen LogP contribution is -2.42. The number of nitrogens with one attached hydrogen (secondary N) is 1. The normalized spacial score (nSPS) is 23.6. The highest BCUT2D eigenvalue weighted by Gasteiger charge is 2.49. The Morgan fingerprint density at radius 1 is 1.17 bits per heavy atom. The van der Waals surface area contributed by atoms with E-state index in [1.165, 1.54) is 12.5 Å². The highest BCUT2D eigenvalue weighted by atomic mass is 32.2. The zero-order valence-electron chi connectivity index (χ0n) is 16.6. The van der Waals surface area contributed by atoms with Gasteiger partial charge in [-0.25, -0.2) is 13.4 Å². The maximum atomic E-state index is 13.4. The van der Waals surface area contributed by atoms with Gasteiger partial charge < -0.3 is 15.0 Å². The molecule has 2 aromatic carbocycles. The van der Waals surface area contributed by atoms with Gasteiger partial charge in [0.05, 0.1) is 25.0 Å². The first-order chi connectivity index (χ1) is 14.5. The van der Waals surface area contributed by atoms with Gasteiger partial charge in [0, 0.05) is 31.4 Å². The Balaban J connectivity index is 1.62. The van der Waals surface area contributed by atoms with Gasteiger partial charge in [-0.15, -0.1) is 0 Å². The number of imidazole rings is 1. The third-order valence-electron chi connectivity index (χ3n) is 6.18. The van der Waals surface area contributed by atoms with Crippen LogP contribution < -0.4 is 5.32 Å². The highest BCUT2D eigenvalue weighted by molar-refractivity contribution is 7.89. The molecule has 0 radical (unpaired) electrons. The summed E-state index contributed by atoms with van der Waals surface area (Å²) >= 11 is 0. The lowest BCUT2D eigenvalue weighted by molar-refractivity contribution is 0.210. The first-order valence-corrected chi connectivity index (χ1v) is 11.5. The first-order valence-electron chi connectivity index (χ1n) is 10.1. The van der Waals surface area contributed by atoms with Crippen molar-refractivity contribution in [3.63, 3.8) is 0 Å². The van der Waals surface area contributed by atoms with Crippen molar-refractivity contribution in [2.24, 2.45) is 13.0 Å². The molecule has 3 atom stereocenters. The number of aliphatic hydroxyl groups excluding tert-OH is 1. The molecular weight excluding hydrogens is 400 g/mol. The Kier molecular flexibility index (Phi) is 4.65. The zero-order valence-corrected chi connectivity index (χ0v) is 17.5. The second-order valence-electron chi connectivity index (χ2n) is 7.99. The van der Waals surface area contributed by atoms with Crippen LogP contribution in [0.1, 0.15) is 18.0 Å². The van der Waals surface area contributed by atoms with Crippen molar-refractivity contribution in [1.82, 2.24) is 13.9 Å². The number of hydrogen-bond donors (Lipinski definition) is 2. The van der Waals surface area contributed by atoms with Crippen LogP contribution in [0, 0.1) is 5.92 Å². The smallest absolute Gasteiger partial charge is 0.262 e. The molecule has 3 heterocycles.